The molecule has 0 aromatic heterocycles. The predicted octanol–water partition coefficient (Wildman–Crippen LogP) is 0.704. The Hall–Kier alpha value is -0.160. The van der Waals surface area contributed by atoms with Gasteiger partial charge in [-0.1, -0.05) is 26.2 Å². The zero-order valence-electron chi connectivity index (χ0n) is 9.39. The Morgan fingerprint density at radius 2 is 2.07 bits per heavy atom. The molecule has 0 saturated carbocycles. The quantitative estimate of drug-likeness (QED) is 0.618. The number of unbranched alkanes of at least 4 members (excludes halogenated alkanes) is 3. The lowest BCUT2D eigenvalue weighted by molar-refractivity contribution is -0.0306. The molecule has 0 bridgehead atoms. The number of hydrogen-bond acceptors (Lipinski definition) is 4. The van der Waals surface area contributed by atoms with E-state index in [0.717, 1.165) is 6.42 Å². The van der Waals surface area contributed by atoms with E-state index in [9.17, 15) is 10.2 Å². The Kier molecular flexibility index (Phi) is 6.17. The molecule has 0 aliphatic carbocycles. The molecule has 1 fully saturated rings. The van der Waals surface area contributed by atoms with Gasteiger partial charge in [-0.3, -0.25) is 0 Å². The minimum Gasteiger partial charge on any atom is -0.388 e. The summed E-state index contributed by atoms with van der Waals surface area (Å²) in [6.45, 7) is 3.48. The first-order valence-corrected chi connectivity index (χ1v) is 5.81. The first-order valence-electron chi connectivity index (χ1n) is 5.81. The monoisotopic (exact) mass is 218 g/mol. The maximum Gasteiger partial charge on any atom is 0.110 e. The first kappa shape index (κ1) is 12.9. The maximum absolute atomic E-state index is 9.44. The fraction of sp³-hybridized carbons (Fsp3) is 1.00. The van der Waals surface area contributed by atoms with E-state index in [0.29, 0.717) is 13.2 Å². The van der Waals surface area contributed by atoms with Gasteiger partial charge >= 0.3 is 0 Å². The largest absolute Gasteiger partial charge is 0.388 e. The molecule has 1 aliphatic heterocycles. The summed E-state index contributed by atoms with van der Waals surface area (Å²) in [7, 11) is 0. The van der Waals surface area contributed by atoms with E-state index in [2.05, 4.69) is 6.92 Å². The van der Waals surface area contributed by atoms with Gasteiger partial charge in [0.15, 0.2) is 0 Å². The van der Waals surface area contributed by atoms with Crippen molar-refractivity contribution < 1.29 is 19.7 Å². The van der Waals surface area contributed by atoms with Crippen LogP contribution in [0.25, 0.3) is 0 Å². The van der Waals surface area contributed by atoms with Crippen LogP contribution in [0.4, 0.5) is 0 Å². The minimum atomic E-state index is -0.791. The van der Waals surface area contributed by atoms with Gasteiger partial charge in [0, 0.05) is 6.61 Å². The standard InChI is InChI=1S/C11H22O4/c1-2-3-4-5-6-14-8-10-11(13)9(12)7-15-10/h9-13H,2-8H2,1H3. The van der Waals surface area contributed by atoms with Gasteiger partial charge in [-0.05, 0) is 6.42 Å². The SMILES string of the molecule is CCCCCCOCC1OCC(O)C1O. The summed E-state index contributed by atoms with van der Waals surface area (Å²) in [5.74, 6) is 0. The van der Waals surface area contributed by atoms with Crippen molar-refractivity contribution in [3.05, 3.63) is 0 Å². The van der Waals surface area contributed by atoms with Crippen LogP contribution in [-0.4, -0.2) is 48.3 Å². The van der Waals surface area contributed by atoms with Crippen LogP contribution < -0.4 is 0 Å². The molecule has 0 aromatic rings. The van der Waals surface area contributed by atoms with E-state index in [4.69, 9.17) is 9.47 Å². The van der Waals surface area contributed by atoms with Crippen molar-refractivity contribution in [3.8, 4) is 0 Å². The van der Waals surface area contributed by atoms with Crippen molar-refractivity contribution in [2.75, 3.05) is 19.8 Å². The van der Waals surface area contributed by atoms with Crippen LogP contribution in [-0.2, 0) is 9.47 Å². The fourth-order valence-corrected chi connectivity index (χ4v) is 1.64. The highest BCUT2D eigenvalue weighted by Gasteiger charge is 2.34. The summed E-state index contributed by atoms with van der Waals surface area (Å²) in [6.07, 6.45) is 2.80. The molecule has 1 saturated heterocycles. The molecular formula is C11H22O4. The average molecular weight is 218 g/mol. The molecule has 4 nitrogen and oxygen atoms in total. The van der Waals surface area contributed by atoms with E-state index in [-0.39, 0.29) is 12.7 Å². The molecular weight excluding hydrogens is 196 g/mol. The van der Waals surface area contributed by atoms with Crippen molar-refractivity contribution in [2.24, 2.45) is 0 Å². The molecule has 1 aliphatic rings. The Morgan fingerprint density at radius 3 is 2.67 bits per heavy atom. The molecule has 0 amide bonds. The second-order valence-corrected chi connectivity index (χ2v) is 4.07. The van der Waals surface area contributed by atoms with Gasteiger partial charge < -0.3 is 19.7 Å². The van der Waals surface area contributed by atoms with Gasteiger partial charge in [-0.15, -0.1) is 0 Å². The summed E-state index contributed by atoms with van der Waals surface area (Å²) >= 11 is 0. The topological polar surface area (TPSA) is 58.9 Å². The van der Waals surface area contributed by atoms with Crippen molar-refractivity contribution in [3.63, 3.8) is 0 Å². The van der Waals surface area contributed by atoms with E-state index in [1.54, 1.807) is 0 Å². The van der Waals surface area contributed by atoms with Gasteiger partial charge in [-0.2, -0.15) is 0 Å². The second-order valence-electron chi connectivity index (χ2n) is 4.07. The number of ether oxygens (including phenoxy) is 2. The smallest absolute Gasteiger partial charge is 0.110 e. The van der Waals surface area contributed by atoms with Crippen LogP contribution in [0, 0.1) is 0 Å². The molecule has 3 unspecified atom stereocenters. The number of aliphatic hydroxyl groups is 2. The molecule has 1 heterocycles. The zero-order chi connectivity index (χ0) is 11.1. The summed E-state index contributed by atoms with van der Waals surface area (Å²) in [4.78, 5) is 0. The normalized spacial score (nSPS) is 31.0. The molecule has 2 N–H and O–H groups in total. The lowest BCUT2D eigenvalue weighted by Gasteiger charge is -2.14. The van der Waals surface area contributed by atoms with Crippen LogP contribution in [0.2, 0.25) is 0 Å². The van der Waals surface area contributed by atoms with Crippen molar-refractivity contribution in [2.45, 2.75) is 50.9 Å². The highest BCUT2D eigenvalue weighted by molar-refractivity contribution is 4.82. The van der Waals surface area contributed by atoms with Crippen LogP contribution in [0.3, 0.4) is 0 Å². The third-order valence-electron chi connectivity index (χ3n) is 2.68. The van der Waals surface area contributed by atoms with Crippen molar-refractivity contribution in [1.82, 2.24) is 0 Å². The second kappa shape index (κ2) is 7.17. The molecule has 0 spiro atoms. The number of aliphatic hydroxyl groups excluding tert-OH is 2. The van der Waals surface area contributed by atoms with Crippen LogP contribution in [0.5, 0.6) is 0 Å². The maximum atomic E-state index is 9.44. The van der Waals surface area contributed by atoms with Gasteiger partial charge in [0.1, 0.15) is 18.3 Å². The van der Waals surface area contributed by atoms with Crippen molar-refractivity contribution in [1.29, 1.82) is 0 Å². The number of rotatable bonds is 7. The van der Waals surface area contributed by atoms with E-state index >= 15 is 0 Å². The lowest BCUT2D eigenvalue weighted by Crippen LogP contribution is -2.33. The van der Waals surface area contributed by atoms with E-state index in [1.807, 2.05) is 0 Å². The molecule has 90 valence electrons. The zero-order valence-corrected chi connectivity index (χ0v) is 9.39. The Labute approximate surface area is 91.2 Å². The van der Waals surface area contributed by atoms with Crippen LogP contribution >= 0.6 is 0 Å². The predicted molar refractivity (Wildman–Crippen MR) is 56.7 cm³/mol. The van der Waals surface area contributed by atoms with E-state index < -0.39 is 12.2 Å². The van der Waals surface area contributed by atoms with Crippen LogP contribution in [0.1, 0.15) is 32.6 Å². The first-order chi connectivity index (χ1) is 7.25. The van der Waals surface area contributed by atoms with Gasteiger partial charge in [0.25, 0.3) is 0 Å². The molecule has 0 aromatic carbocycles. The Balaban J connectivity index is 1.96. The van der Waals surface area contributed by atoms with Gasteiger partial charge in [-0.25, -0.2) is 0 Å². The van der Waals surface area contributed by atoms with Gasteiger partial charge in [0.05, 0.1) is 13.2 Å². The molecule has 3 atom stereocenters. The van der Waals surface area contributed by atoms with Gasteiger partial charge in [0.2, 0.25) is 0 Å². The molecule has 15 heavy (non-hydrogen) atoms. The molecule has 1 rings (SSSR count). The Morgan fingerprint density at radius 1 is 1.27 bits per heavy atom. The third-order valence-corrected chi connectivity index (χ3v) is 2.68. The summed E-state index contributed by atoms with van der Waals surface area (Å²) in [6, 6.07) is 0. The fourth-order valence-electron chi connectivity index (χ4n) is 1.64. The lowest BCUT2D eigenvalue weighted by atomic mass is 10.1. The summed E-state index contributed by atoms with van der Waals surface area (Å²) in [5.41, 5.74) is 0. The summed E-state index contributed by atoms with van der Waals surface area (Å²) in [5, 5.41) is 18.7. The molecule has 4 heteroatoms. The van der Waals surface area contributed by atoms with Crippen molar-refractivity contribution >= 4 is 0 Å². The third kappa shape index (κ3) is 4.47. The number of hydrogen-bond donors (Lipinski definition) is 2. The van der Waals surface area contributed by atoms with E-state index in [1.165, 1.54) is 19.3 Å². The Bertz CT molecular complexity index is 163. The minimum absolute atomic E-state index is 0.213. The highest BCUT2D eigenvalue weighted by atomic mass is 16.6. The average Bonchev–Trinajstić information content (AvgIpc) is 2.54. The summed E-state index contributed by atoms with van der Waals surface area (Å²) < 4.78 is 10.6. The highest BCUT2D eigenvalue weighted by Crippen LogP contribution is 2.14. The molecule has 0 radical (unpaired) electrons. The van der Waals surface area contributed by atoms with Crippen LogP contribution in [0.15, 0.2) is 0 Å².